The first kappa shape index (κ1) is 13.1. The second-order valence-electron chi connectivity index (χ2n) is 4.31. The number of nitrogens with zero attached hydrogens (tertiary/aromatic N) is 2. The zero-order chi connectivity index (χ0) is 14.1. The van der Waals surface area contributed by atoms with Crippen LogP contribution in [-0.2, 0) is 11.5 Å². The molecule has 0 radical (unpaired) electrons. The van der Waals surface area contributed by atoms with Crippen molar-refractivity contribution in [1.29, 1.82) is 0 Å². The van der Waals surface area contributed by atoms with Gasteiger partial charge in [-0.1, -0.05) is 0 Å². The number of thioether (sulfide) groups is 1. The highest BCUT2D eigenvalue weighted by Crippen LogP contribution is 2.34. The van der Waals surface area contributed by atoms with Crippen molar-refractivity contribution >= 4 is 17.6 Å². The summed E-state index contributed by atoms with van der Waals surface area (Å²) in [6.07, 6.45) is 0. The van der Waals surface area contributed by atoms with E-state index in [0.29, 0.717) is 17.2 Å². The number of aromatic nitrogens is 2. The number of halogens is 1. The standard InChI is InChI=1S/C13H13FN4OS/c1-19-11-4-7(2-3-9(11)14)12-16-10-6-20-5-8(10)13(17-12)18-15/h2-4H,5-6,15H2,1H3,(H,16,17,18). The van der Waals surface area contributed by atoms with Gasteiger partial charge in [0, 0.05) is 22.6 Å². The van der Waals surface area contributed by atoms with E-state index in [4.69, 9.17) is 10.6 Å². The first-order valence-corrected chi connectivity index (χ1v) is 7.16. The fourth-order valence-corrected chi connectivity index (χ4v) is 3.14. The smallest absolute Gasteiger partial charge is 0.165 e. The van der Waals surface area contributed by atoms with E-state index < -0.39 is 5.82 Å². The van der Waals surface area contributed by atoms with Gasteiger partial charge >= 0.3 is 0 Å². The molecule has 0 atom stereocenters. The van der Waals surface area contributed by atoms with Crippen LogP contribution in [0.2, 0.25) is 0 Å². The Hall–Kier alpha value is -1.86. The Balaban J connectivity index is 2.10. The average molecular weight is 292 g/mol. The number of hydrogen-bond acceptors (Lipinski definition) is 6. The van der Waals surface area contributed by atoms with Gasteiger partial charge in [0.15, 0.2) is 17.4 Å². The zero-order valence-corrected chi connectivity index (χ0v) is 11.6. The van der Waals surface area contributed by atoms with Gasteiger partial charge in [-0.05, 0) is 18.2 Å². The molecule has 1 aromatic carbocycles. The van der Waals surface area contributed by atoms with Gasteiger partial charge in [-0.15, -0.1) is 0 Å². The summed E-state index contributed by atoms with van der Waals surface area (Å²) in [5.74, 6) is 8.09. The van der Waals surface area contributed by atoms with Crippen molar-refractivity contribution in [3.63, 3.8) is 0 Å². The Labute approximate surface area is 119 Å². The van der Waals surface area contributed by atoms with Crippen LogP contribution in [0.1, 0.15) is 11.3 Å². The van der Waals surface area contributed by atoms with Crippen LogP contribution in [0.5, 0.6) is 5.75 Å². The van der Waals surface area contributed by atoms with Crippen LogP contribution in [0.4, 0.5) is 10.2 Å². The lowest BCUT2D eigenvalue weighted by Crippen LogP contribution is -2.12. The number of nitrogens with two attached hydrogens (primary N) is 1. The molecule has 0 fully saturated rings. The molecule has 0 saturated heterocycles. The van der Waals surface area contributed by atoms with Crippen LogP contribution in [0.15, 0.2) is 18.2 Å². The van der Waals surface area contributed by atoms with E-state index >= 15 is 0 Å². The lowest BCUT2D eigenvalue weighted by atomic mass is 10.1. The number of fused-ring (bicyclic) bond motifs is 1. The number of nitrogens with one attached hydrogen (secondary N) is 1. The molecule has 5 nitrogen and oxygen atoms in total. The average Bonchev–Trinajstić information content (AvgIpc) is 2.95. The fourth-order valence-electron chi connectivity index (χ4n) is 2.10. The quantitative estimate of drug-likeness (QED) is 0.668. The van der Waals surface area contributed by atoms with Crippen molar-refractivity contribution in [1.82, 2.24) is 9.97 Å². The van der Waals surface area contributed by atoms with Crippen molar-refractivity contribution in [3.05, 3.63) is 35.3 Å². The van der Waals surface area contributed by atoms with Crippen LogP contribution in [0.3, 0.4) is 0 Å². The predicted molar refractivity (Wildman–Crippen MR) is 76.8 cm³/mol. The molecule has 0 spiro atoms. The van der Waals surface area contributed by atoms with Crippen molar-refractivity contribution in [2.24, 2.45) is 5.84 Å². The van der Waals surface area contributed by atoms with Gasteiger partial charge in [0.25, 0.3) is 0 Å². The Morgan fingerprint density at radius 2 is 2.20 bits per heavy atom. The molecular weight excluding hydrogens is 279 g/mol. The van der Waals surface area contributed by atoms with Crippen molar-refractivity contribution in [2.75, 3.05) is 12.5 Å². The van der Waals surface area contributed by atoms with E-state index in [2.05, 4.69) is 15.4 Å². The predicted octanol–water partition coefficient (Wildman–Crippen LogP) is 2.32. The molecule has 0 saturated carbocycles. The van der Waals surface area contributed by atoms with Gasteiger partial charge in [0.05, 0.1) is 12.8 Å². The molecule has 2 heterocycles. The van der Waals surface area contributed by atoms with E-state index in [-0.39, 0.29) is 5.75 Å². The number of rotatable bonds is 3. The molecule has 1 aliphatic heterocycles. The van der Waals surface area contributed by atoms with E-state index in [9.17, 15) is 4.39 Å². The maximum atomic E-state index is 13.4. The van der Waals surface area contributed by atoms with E-state index in [1.54, 1.807) is 23.9 Å². The molecule has 7 heteroatoms. The number of benzene rings is 1. The van der Waals surface area contributed by atoms with Crippen LogP contribution < -0.4 is 16.0 Å². The van der Waals surface area contributed by atoms with Crippen LogP contribution >= 0.6 is 11.8 Å². The molecule has 0 amide bonds. The van der Waals surface area contributed by atoms with Gasteiger partial charge < -0.3 is 10.2 Å². The van der Waals surface area contributed by atoms with Crippen molar-refractivity contribution in [2.45, 2.75) is 11.5 Å². The minimum absolute atomic E-state index is 0.170. The Kier molecular flexibility index (Phi) is 3.45. The molecule has 1 aliphatic rings. The summed E-state index contributed by atoms with van der Waals surface area (Å²) in [5, 5.41) is 0. The van der Waals surface area contributed by atoms with E-state index in [0.717, 1.165) is 22.8 Å². The largest absolute Gasteiger partial charge is 0.494 e. The lowest BCUT2D eigenvalue weighted by molar-refractivity contribution is 0.387. The molecule has 1 aromatic heterocycles. The van der Waals surface area contributed by atoms with Crippen molar-refractivity contribution in [3.8, 4) is 17.1 Å². The first-order chi connectivity index (χ1) is 9.72. The number of anilines is 1. The van der Waals surface area contributed by atoms with Gasteiger partial charge in [0.2, 0.25) is 0 Å². The molecule has 2 aromatic rings. The maximum absolute atomic E-state index is 13.4. The number of hydrazine groups is 1. The molecule has 0 bridgehead atoms. The Morgan fingerprint density at radius 1 is 1.35 bits per heavy atom. The Bertz CT molecular complexity index is 665. The highest BCUT2D eigenvalue weighted by atomic mass is 32.2. The second kappa shape index (κ2) is 5.26. The summed E-state index contributed by atoms with van der Waals surface area (Å²) < 4.78 is 18.4. The summed E-state index contributed by atoms with van der Waals surface area (Å²) in [7, 11) is 1.43. The van der Waals surface area contributed by atoms with Crippen LogP contribution in [-0.4, -0.2) is 17.1 Å². The van der Waals surface area contributed by atoms with Crippen molar-refractivity contribution < 1.29 is 9.13 Å². The second-order valence-corrected chi connectivity index (χ2v) is 5.29. The molecule has 3 rings (SSSR count). The number of ether oxygens (including phenoxy) is 1. The minimum Gasteiger partial charge on any atom is -0.494 e. The van der Waals surface area contributed by atoms with Gasteiger partial charge in [0.1, 0.15) is 5.82 Å². The molecule has 104 valence electrons. The minimum atomic E-state index is -0.412. The fraction of sp³-hybridized carbons (Fsp3) is 0.231. The summed E-state index contributed by atoms with van der Waals surface area (Å²) in [5.41, 5.74) is 5.31. The van der Waals surface area contributed by atoms with Crippen LogP contribution in [0, 0.1) is 5.82 Å². The number of methoxy groups -OCH3 is 1. The first-order valence-electron chi connectivity index (χ1n) is 6.01. The SMILES string of the molecule is COc1cc(-c2nc3c(c(NN)n2)CSC3)ccc1F. The zero-order valence-electron chi connectivity index (χ0n) is 10.8. The third-order valence-corrected chi connectivity index (χ3v) is 4.09. The molecular formula is C13H13FN4OS. The highest BCUT2D eigenvalue weighted by Gasteiger charge is 2.20. The van der Waals surface area contributed by atoms with Gasteiger partial charge in [-0.3, -0.25) is 0 Å². The number of hydrogen-bond donors (Lipinski definition) is 2. The molecule has 3 N–H and O–H groups in total. The maximum Gasteiger partial charge on any atom is 0.165 e. The summed E-state index contributed by atoms with van der Waals surface area (Å²) in [4.78, 5) is 8.93. The summed E-state index contributed by atoms with van der Waals surface area (Å²) in [6, 6.07) is 4.55. The lowest BCUT2D eigenvalue weighted by Gasteiger charge is -2.10. The van der Waals surface area contributed by atoms with Gasteiger partial charge in [-0.25, -0.2) is 20.2 Å². The normalized spacial score (nSPS) is 13.2. The highest BCUT2D eigenvalue weighted by molar-refractivity contribution is 7.98. The summed E-state index contributed by atoms with van der Waals surface area (Å²) >= 11 is 1.76. The third-order valence-electron chi connectivity index (χ3n) is 3.12. The molecule has 20 heavy (non-hydrogen) atoms. The molecule has 0 unspecified atom stereocenters. The van der Waals surface area contributed by atoms with E-state index in [1.165, 1.54) is 13.2 Å². The third kappa shape index (κ3) is 2.19. The monoisotopic (exact) mass is 292 g/mol. The number of nitrogen functional groups attached to an aromatic ring is 1. The summed E-state index contributed by atoms with van der Waals surface area (Å²) in [6.45, 7) is 0. The Morgan fingerprint density at radius 3 is 2.95 bits per heavy atom. The topological polar surface area (TPSA) is 73.1 Å². The van der Waals surface area contributed by atoms with E-state index in [1.807, 2.05) is 0 Å². The van der Waals surface area contributed by atoms with Gasteiger partial charge in [-0.2, -0.15) is 11.8 Å². The molecule has 0 aliphatic carbocycles. The van der Waals surface area contributed by atoms with Crippen LogP contribution in [0.25, 0.3) is 11.4 Å².